The lowest BCUT2D eigenvalue weighted by atomic mass is 9.93. The summed E-state index contributed by atoms with van der Waals surface area (Å²) in [6.45, 7) is 0. The van der Waals surface area contributed by atoms with Gasteiger partial charge in [-0.1, -0.05) is 6.07 Å². The molecule has 0 spiro atoms. The Bertz CT molecular complexity index is 393. The monoisotopic (exact) mass is 192 g/mol. The van der Waals surface area contributed by atoms with Gasteiger partial charge in [-0.2, -0.15) is 0 Å². The zero-order valence-electron chi connectivity index (χ0n) is 7.75. The van der Waals surface area contributed by atoms with E-state index in [-0.39, 0.29) is 11.5 Å². The Balaban J connectivity index is 2.06. The molecule has 0 saturated heterocycles. The molecule has 2 rings (SSSR count). The van der Waals surface area contributed by atoms with Gasteiger partial charge in [-0.25, -0.2) is 0 Å². The molecule has 1 amide bonds. The van der Waals surface area contributed by atoms with Gasteiger partial charge in [0.15, 0.2) is 0 Å². The van der Waals surface area contributed by atoms with Gasteiger partial charge in [0.1, 0.15) is 5.69 Å². The normalized spacial score (nSPS) is 16.0. The first kappa shape index (κ1) is 8.99. The molecule has 1 saturated carbocycles. The Labute approximate surface area is 81.3 Å². The first-order chi connectivity index (χ1) is 6.75. The van der Waals surface area contributed by atoms with Gasteiger partial charge in [0.2, 0.25) is 5.56 Å². The fourth-order valence-corrected chi connectivity index (χ4v) is 1.40. The van der Waals surface area contributed by atoms with E-state index in [9.17, 15) is 9.59 Å². The summed E-state index contributed by atoms with van der Waals surface area (Å²) < 4.78 is 0. The maximum absolute atomic E-state index is 11.5. The van der Waals surface area contributed by atoms with Crippen molar-refractivity contribution in [1.29, 1.82) is 0 Å². The molecule has 0 unspecified atom stereocenters. The Morgan fingerprint density at radius 2 is 2.21 bits per heavy atom. The third kappa shape index (κ3) is 1.84. The second-order valence-electron chi connectivity index (χ2n) is 3.53. The van der Waals surface area contributed by atoms with E-state index in [4.69, 9.17) is 0 Å². The van der Waals surface area contributed by atoms with Crippen LogP contribution in [0.3, 0.4) is 0 Å². The van der Waals surface area contributed by atoms with Crippen molar-refractivity contribution in [2.24, 2.45) is 0 Å². The predicted molar refractivity (Wildman–Crippen MR) is 52.2 cm³/mol. The first-order valence-corrected chi connectivity index (χ1v) is 4.76. The molecule has 4 nitrogen and oxygen atoms in total. The fourth-order valence-electron chi connectivity index (χ4n) is 1.40. The van der Waals surface area contributed by atoms with E-state index in [1.807, 2.05) is 0 Å². The van der Waals surface area contributed by atoms with Crippen LogP contribution in [0.1, 0.15) is 29.8 Å². The summed E-state index contributed by atoms with van der Waals surface area (Å²) in [5.41, 5.74) is 0.0932. The number of pyridine rings is 1. The van der Waals surface area contributed by atoms with Crippen LogP contribution in [0, 0.1) is 0 Å². The van der Waals surface area contributed by atoms with Crippen molar-refractivity contribution in [2.45, 2.75) is 25.3 Å². The summed E-state index contributed by atoms with van der Waals surface area (Å²) in [7, 11) is 0. The first-order valence-electron chi connectivity index (χ1n) is 4.76. The molecular weight excluding hydrogens is 180 g/mol. The largest absolute Gasteiger partial charge is 0.348 e. The second kappa shape index (κ2) is 3.65. The van der Waals surface area contributed by atoms with Crippen molar-refractivity contribution in [2.75, 3.05) is 0 Å². The van der Waals surface area contributed by atoms with Crippen molar-refractivity contribution in [3.63, 3.8) is 0 Å². The van der Waals surface area contributed by atoms with Crippen molar-refractivity contribution >= 4 is 5.91 Å². The molecular formula is C10H12N2O2. The van der Waals surface area contributed by atoms with Crippen LogP contribution in [0.15, 0.2) is 23.0 Å². The predicted octanol–water partition coefficient (Wildman–Crippen LogP) is 0.657. The maximum atomic E-state index is 11.5. The van der Waals surface area contributed by atoms with Crippen molar-refractivity contribution in [1.82, 2.24) is 10.3 Å². The molecule has 14 heavy (non-hydrogen) atoms. The van der Waals surface area contributed by atoms with Gasteiger partial charge in [0.25, 0.3) is 5.91 Å². The number of rotatable bonds is 2. The molecule has 1 heterocycles. The SMILES string of the molecule is O=C(NC1CCC1)c1cccc(=O)[nH]1. The van der Waals surface area contributed by atoms with E-state index in [0.29, 0.717) is 11.7 Å². The molecule has 2 N–H and O–H groups in total. The number of hydrogen-bond donors (Lipinski definition) is 2. The van der Waals surface area contributed by atoms with Crippen LogP contribution in [0.4, 0.5) is 0 Å². The standard InChI is InChI=1S/C10H12N2O2/c13-9-6-2-5-8(12-9)10(14)11-7-3-1-4-7/h2,5-7H,1,3-4H2,(H,11,14)(H,12,13). The van der Waals surface area contributed by atoms with Crippen LogP contribution in [0.2, 0.25) is 0 Å². The smallest absolute Gasteiger partial charge is 0.268 e. The lowest BCUT2D eigenvalue weighted by molar-refractivity contribution is 0.0911. The lowest BCUT2D eigenvalue weighted by Crippen LogP contribution is -2.40. The summed E-state index contributed by atoms with van der Waals surface area (Å²) in [6, 6.07) is 4.87. The highest BCUT2D eigenvalue weighted by atomic mass is 16.2. The molecule has 0 atom stereocenters. The molecule has 0 bridgehead atoms. The number of amides is 1. The average molecular weight is 192 g/mol. The van der Waals surface area contributed by atoms with Gasteiger partial charge >= 0.3 is 0 Å². The second-order valence-corrected chi connectivity index (χ2v) is 3.53. The highest BCUT2D eigenvalue weighted by Gasteiger charge is 2.20. The number of carbonyl (C=O) groups is 1. The van der Waals surface area contributed by atoms with Crippen LogP contribution >= 0.6 is 0 Å². The fraction of sp³-hybridized carbons (Fsp3) is 0.400. The summed E-state index contributed by atoms with van der Waals surface area (Å²) in [6.07, 6.45) is 3.27. The van der Waals surface area contributed by atoms with Crippen LogP contribution in [0.25, 0.3) is 0 Å². The van der Waals surface area contributed by atoms with Gasteiger partial charge in [-0.15, -0.1) is 0 Å². The van der Waals surface area contributed by atoms with Crippen LogP contribution in [-0.4, -0.2) is 16.9 Å². The number of H-pyrrole nitrogens is 1. The van der Waals surface area contributed by atoms with Crippen LogP contribution in [0.5, 0.6) is 0 Å². The molecule has 74 valence electrons. The summed E-state index contributed by atoms with van der Waals surface area (Å²) in [5.74, 6) is -0.188. The zero-order chi connectivity index (χ0) is 9.97. The van der Waals surface area contributed by atoms with Crippen molar-refractivity contribution in [3.8, 4) is 0 Å². The molecule has 0 radical (unpaired) electrons. The average Bonchev–Trinajstić information content (AvgIpc) is 2.11. The quantitative estimate of drug-likeness (QED) is 0.723. The number of carbonyl (C=O) groups excluding carboxylic acids is 1. The minimum atomic E-state index is -0.244. The van der Waals surface area contributed by atoms with Crippen molar-refractivity contribution in [3.05, 3.63) is 34.2 Å². The van der Waals surface area contributed by atoms with Crippen LogP contribution in [-0.2, 0) is 0 Å². The third-order valence-electron chi connectivity index (χ3n) is 2.45. The number of hydrogen-bond acceptors (Lipinski definition) is 2. The third-order valence-corrected chi connectivity index (χ3v) is 2.45. The van der Waals surface area contributed by atoms with E-state index in [1.165, 1.54) is 12.5 Å². The summed E-state index contributed by atoms with van der Waals surface area (Å²) in [5, 5.41) is 2.85. The zero-order valence-corrected chi connectivity index (χ0v) is 7.75. The number of nitrogens with one attached hydrogen (secondary N) is 2. The highest BCUT2D eigenvalue weighted by molar-refractivity contribution is 5.92. The molecule has 1 aliphatic rings. The van der Waals surface area contributed by atoms with Gasteiger partial charge in [-0.3, -0.25) is 9.59 Å². The molecule has 1 aromatic rings. The minimum Gasteiger partial charge on any atom is -0.348 e. The van der Waals surface area contributed by atoms with E-state index in [2.05, 4.69) is 10.3 Å². The maximum Gasteiger partial charge on any atom is 0.268 e. The van der Waals surface area contributed by atoms with Gasteiger partial charge in [-0.05, 0) is 25.3 Å². The molecule has 1 aliphatic carbocycles. The number of aromatic amines is 1. The van der Waals surface area contributed by atoms with Gasteiger partial charge < -0.3 is 10.3 Å². The molecule has 0 aliphatic heterocycles. The Morgan fingerprint density at radius 3 is 2.79 bits per heavy atom. The topological polar surface area (TPSA) is 62.0 Å². The number of aromatic nitrogens is 1. The summed E-state index contributed by atoms with van der Waals surface area (Å²) in [4.78, 5) is 24.9. The molecule has 1 fully saturated rings. The molecule has 1 aromatic heterocycles. The highest BCUT2D eigenvalue weighted by Crippen LogP contribution is 2.18. The molecule has 4 heteroatoms. The van der Waals surface area contributed by atoms with E-state index >= 15 is 0 Å². The van der Waals surface area contributed by atoms with E-state index in [1.54, 1.807) is 12.1 Å². The van der Waals surface area contributed by atoms with E-state index in [0.717, 1.165) is 12.8 Å². The van der Waals surface area contributed by atoms with Gasteiger partial charge in [0.05, 0.1) is 0 Å². The van der Waals surface area contributed by atoms with Crippen molar-refractivity contribution < 1.29 is 4.79 Å². The van der Waals surface area contributed by atoms with E-state index < -0.39 is 0 Å². The Morgan fingerprint density at radius 1 is 1.43 bits per heavy atom. The molecule has 0 aromatic carbocycles. The van der Waals surface area contributed by atoms with Gasteiger partial charge in [0, 0.05) is 12.1 Å². The summed E-state index contributed by atoms with van der Waals surface area (Å²) >= 11 is 0. The Kier molecular flexibility index (Phi) is 2.35. The van der Waals surface area contributed by atoms with Crippen LogP contribution < -0.4 is 10.9 Å². The minimum absolute atomic E-state index is 0.188. The lowest BCUT2D eigenvalue weighted by Gasteiger charge is -2.26. The Hall–Kier alpha value is -1.58.